The van der Waals surface area contributed by atoms with Crippen LogP contribution in [0.15, 0.2) is 35.3 Å². The molecule has 2 aromatic rings. The van der Waals surface area contributed by atoms with Gasteiger partial charge in [-0.05, 0) is 30.1 Å². The highest BCUT2D eigenvalue weighted by Crippen LogP contribution is 2.05. The van der Waals surface area contributed by atoms with E-state index >= 15 is 0 Å². The topological polar surface area (TPSA) is 34.9 Å². The minimum Gasteiger partial charge on any atom is -0.268 e. The molecule has 0 fully saturated rings. The smallest absolute Gasteiger partial charge is 0.264 e. The molecule has 2 rings (SSSR count). The van der Waals surface area contributed by atoms with Crippen LogP contribution in [0.25, 0.3) is 5.69 Å². The maximum absolute atomic E-state index is 12.0. The molecule has 3 nitrogen and oxygen atoms in total. The Balaban J connectivity index is 2.66. The minimum atomic E-state index is -0.0504. The van der Waals surface area contributed by atoms with E-state index in [4.69, 9.17) is 0 Å². The largest absolute Gasteiger partial charge is 0.268 e. The van der Waals surface area contributed by atoms with Crippen LogP contribution < -0.4 is 16.5 Å². The number of benzene rings is 1. The minimum absolute atomic E-state index is 0.0504. The standard InChI is InChI=1S/C11H12B2N2O/c1-7-3-2-4-8(5-7)15-11(16)10(13)9(12)6-14-15/h2-6H,12-13H2,1H3. The van der Waals surface area contributed by atoms with E-state index in [0.717, 1.165) is 22.2 Å². The van der Waals surface area contributed by atoms with E-state index in [2.05, 4.69) is 5.10 Å². The van der Waals surface area contributed by atoms with Gasteiger partial charge in [-0.3, -0.25) is 4.79 Å². The van der Waals surface area contributed by atoms with Gasteiger partial charge in [-0.25, -0.2) is 0 Å². The Hall–Kier alpha value is -1.77. The van der Waals surface area contributed by atoms with Crippen molar-refractivity contribution < 1.29 is 0 Å². The van der Waals surface area contributed by atoms with Crippen molar-refractivity contribution in [2.45, 2.75) is 6.92 Å². The molecule has 1 heterocycles. The van der Waals surface area contributed by atoms with Crippen LogP contribution in [0.4, 0.5) is 0 Å². The van der Waals surface area contributed by atoms with E-state index in [9.17, 15) is 4.79 Å². The molecule has 0 aliphatic carbocycles. The fraction of sp³-hybridized carbons (Fsp3) is 0.0909. The molecular formula is C11H12B2N2O. The Morgan fingerprint density at radius 3 is 2.75 bits per heavy atom. The fourth-order valence-corrected chi connectivity index (χ4v) is 1.56. The van der Waals surface area contributed by atoms with Crippen molar-refractivity contribution >= 4 is 26.6 Å². The van der Waals surface area contributed by atoms with Crippen LogP contribution in [0.5, 0.6) is 0 Å². The van der Waals surface area contributed by atoms with Crippen molar-refractivity contribution in [3.63, 3.8) is 0 Å². The first kappa shape index (κ1) is 10.7. The molecular weight excluding hydrogens is 198 g/mol. The summed E-state index contributed by atoms with van der Waals surface area (Å²) >= 11 is 0. The van der Waals surface area contributed by atoms with Gasteiger partial charge < -0.3 is 0 Å². The predicted molar refractivity (Wildman–Crippen MR) is 70.9 cm³/mol. The summed E-state index contributed by atoms with van der Waals surface area (Å²) in [5.74, 6) is 0. The lowest BCUT2D eigenvalue weighted by atomic mass is 9.83. The van der Waals surface area contributed by atoms with Gasteiger partial charge in [0, 0.05) is 6.20 Å². The second-order valence-corrected chi connectivity index (χ2v) is 4.01. The van der Waals surface area contributed by atoms with Gasteiger partial charge in [-0.15, -0.1) is 0 Å². The average Bonchev–Trinajstić information content (AvgIpc) is 2.26. The molecule has 0 aliphatic heterocycles. The van der Waals surface area contributed by atoms with Gasteiger partial charge in [0.2, 0.25) is 0 Å². The molecule has 1 aromatic heterocycles. The quantitative estimate of drug-likeness (QED) is 0.513. The molecule has 0 N–H and O–H groups in total. The Morgan fingerprint density at radius 2 is 2.06 bits per heavy atom. The Bertz CT molecular complexity index is 593. The zero-order valence-corrected chi connectivity index (χ0v) is 9.69. The third-order valence-electron chi connectivity index (χ3n) is 2.72. The first-order valence-electron chi connectivity index (χ1n) is 5.22. The van der Waals surface area contributed by atoms with Crippen molar-refractivity contribution in [2.24, 2.45) is 0 Å². The Labute approximate surface area is 95.9 Å². The molecule has 0 saturated carbocycles. The molecule has 0 unspecified atom stereocenters. The Morgan fingerprint density at radius 1 is 1.31 bits per heavy atom. The van der Waals surface area contributed by atoms with Crippen LogP contribution in [0.2, 0.25) is 0 Å². The zero-order chi connectivity index (χ0) is 11.7. The summed E-state index contributed by atoms with van der Waals surface area (Å²) in [4.78, 5) is 12.0. The summed E-state index contributed by atoms with van der Waals surface area (Å²) in [5.41, 5.74) is 3.55. The van der Waals surface area contributed by atoms with Gasteiger partial charge in [-0.1, -0.05) is 17.6 Å². The maximum Gasteiger partial charge on any atom is 0.264 e. The molecule has 0 radical (unpaired) electrons. The number of nitrogens with zero attached hydrogens (tertiary/aromatic N) is 2. The summed E-state index contributed by atoms with van der Waals surface area (Å²) in [6.45, 7) is 2.00. The number of hydrogen-bond donors (Lipinski definition) is 0. The number of aryl methyl sites for hydroxylation is 1. The van der Waals surface area contributed by atoms with Crippen molar-refractivity contribution in [3.05, 3.63) is 46.4 Å². The SMILES string of the molecule is Bc1cnn(-c2cccc(C)c2)c(=O)c1B. The molecule has 0 aliphatic rings. The molecule has 0 atom stereocenters. The van der Waals surface area contributed by atoms with Crippen LogP contribution in [0.3, 0.4) is 0 Å². The van der Waals surface area contributed by atoms with Crippen molar-refractivity contribution in [1.29, 1.82) is 0 Å². The van der Waals surface area contributed by atoms with Gasteiger partial charge >= 0.3 is 0 Å². The molecule has 0 bridgehead atoms. The van der Waals surface area contributed by atoms with Crippen molar-refractivity contribution in [3.8, 4) is 5.69 Å². The molecule has 16 heavy (non-hydrogen) atoms. The summed E-state index contributed by atoms with van der Waals surface area (Å²) < 4.78 is 1.44. The Kier molecular flexibility index (Phi) is 2.69. The van der Waals surface area contributed by atoms with E-state index in [0.29, 0.717) is 0 Å². The lowest BCUT2D eigenvalue weighted by Crippen LogP contribution is -2.45. The van der Waals surface area contributed by atoms with Crippen LogP contribution >= 0.6 is 0 Å². The molecule has 78 valence electrons. The van der Waals surface area contributed by atoms with Gasteiger partial charge in [-0.2, -0.15) is 9.78 Å². The molecule has 5 heteroatoms. The third-order valence-corrected chi connectivity index (χ3v) is 2.72. The van der Waals surface area contributed by atoms with Gasteiger partial charge in [0.15, 0.2) is 0 Å². The van der Waals surface area contributed by atoms with Crippen LogP contribution in [-0.4, -0.2) is 25.5 Å². The van der Waals surface area contributed by atoms with E-state index in [1.54, 1.807) is 6.20 Å². The van der Waals surface area contributed by atoms with Crippen LogP contribution in [0.1, 0.15) is 5.56 Å². The number of aromatic nitrogens is 2. The van der Waals surface area contributed by atoms with E-state index < -0.39 is 0 Å². The summed E-state index contributed by atoms with van der Waals surface area (Å²) in [6.07, 6.45) is 1.72. The van der Waals surface area contributed by atoms with E-state index in [1.807, 2.05) is 46.9 Å². The van der Waals surface area contributed by atoms with Crippen LogP contribution in [0, 0.1) is 6.92 Å². The molecule has 1 aromatic carbocycles. The zero-order valence-electron chi connectivity index (χ0n) is 9.69. The number of hydrogen-bond acceptors (Lipinski definition) is 2. The third kappa shape index (κ3) is 1.81. The predicted octanol–water partition coefficient (Wildman–Crippen LogP) is -1.94. The lowest BCUT2D eigenvalue weighted by molar-refractivity contribution is 0.817. The monoisotopic (exact) mass is 210 g/mol. The van der Waals surface area contributed by atoms with E-state index in [-0.39, 0.29) is 5.56 Å². The van der Waals surface area contributed by atoms with Crippen LogP contribution in [-0.2, 0) is 0 Å². The van der Waals surface area contributed by atoms with Gasteiger partial charge in [0.05, 0.1) is 5.69 Å². The second kappa shape index (κ2) is 4.00. The molecule has 0 saturated heterocycles. The highest BCUT2D eigenvalue weighted by Gasteiger charge is 2.05. The highest BCUT2D eigenvalue weighted by molar-refractivity contribution is 6.48. The first-order chi connectivity index (χ1) is 7.59. The van der Waals surface area contributed by atoms with Gasteiger partial charge in [0.25, 0.3) is 5.56 Å². The highest BCUT2D eigenvalue weighted by atomic mass is 16.1. The van der Waals surface area contributed by atoms with Crippen molar-refractivity contribution in [1.82, 2.24) is 9.78 Å². The summed E-state index contributed by atoms with van der Waals surface area (Å²) in [7, 11) is 3.72. The maximum atomic E-state index is 12.0. The summed E-state index contributed by atoms with van der Waals surface area (Å²) in [6, 6.07) is 7.75. The summed E-state index contributed by atoms with van der Waals surface area (Å²) in [5, 5.41) is 4.15. The van der Waals surface area contributed by atoms with E-state index in [1.165, 1.54) is 4.68 Å². The lowest BCUT2D eigenvalue weighted by Gasteiger charge is -2.07. The average molecular weight is 210 g/mol. The van der Waals surface area contributed by atoms with Crippen molar-refractivity contribution in [2.75, 3.05) is 0 Å². The van der Waals surface area contributed by atoms with Gasteiger partial charge in [0.1, 0.15) is 15.7 Å². The normalized spacial score (nSPS) is 10.3. The number of rotatable bonds is 1. The first-order valence-corrected chi connectivity index (χ1v) is 5.22. The second-order valence-electron chi connectivity index (χ2n) is 4.01. The fourth-order valence-electron chi connectivity index (χ4n) is 1.56. The molecule has 0 spiro atoms. The molecule has 0 amide bonds.